The van der Waals surface area contributed by atoms with Gasteiger partial charge in [0.2, 0.25) is 0 Å². The van der Waals surface area contributed by atoms with Crippen molar-refractivity contribution in [1.29, 1.82) is 0 Å². The summed E-state index contributed by atoms with van der Waals surface area (Å²) in [4.78, 5) is 14.0. The van der Waals surface area contributed by atoms with Crippen molar-refractivity contribution >= 4 is 53.4 Å². The minimum atomic E-state index is -4.16. The molecule has 4 aromatic carbocycles. The Morgan fingerprint density at radius 3 is 1.97 bits per heavy atom. The Bertz CT molecular complexity index is 1510. The molecular formula is C29H25ClINO4S. The first-order valence-electron chi connectivity index (χ1n) is 11.3. The van der Waals surface area contributed by atoms with Gasteiger partial charge < -0.3 is 0 Å². The van der Waals surface area contributed by atoms with Crippen LogP contribution in [0.25, 0.3) is 0 Å². The number of anilines is 1. The molecule has 4 aromatic rings. The molecule has 0 spiro atoms. The van der Waals surface area contributed by atoms with Gasteiger partial charge in [0, 0.05) is 0 Å². The Kier molecular flexibility index (Phi) is 8.81. The summed E-state index contributed by atoms with van der Waals surface area (Å²) < 4.78 is 33.9. The van der Waals surface area contributed by atoms with Crippen molar-refractivity contribution in [1.82, 2.24) is 0 Å². The monoisotopic (exact) mass is 645 g/mol. The van der Waals surface area contributed by atoms with E-state index in [0.29, 0.717) is 29.1 Å². The van der Waals surface area contributed by atoms with Crippen LogP contribution in [0, 0.1) is 10.5 Å². The van der Waals surface area contributed by atoms with Gasteiger partial charge in [-0.15, -0.1) is 0 Å². The number of hydrogen-bond acceptors (Lipinski definition) is 5. The Labute approximate surface area is 230 Å². The Balaban J connectivity index is 1.86. The molecule has 0 atom stereocenters. The van der Waals surface area contributed by atoms with Crippen LogP contribution in [0.5, 0.6) is 0 Å². The van der Waals surface area contributed by atoms with Crippen LogP contribution in [0.4, 0.5) is 5.69 Å². The maximum atomic E-state index is 14.0. The fourth-order valence-electron chi connectivity index (χ4n) is 3.43. The average Bonchev–Trinajstić information content (AvgIpc) is 2.90. The molecule has 0 aliphatic rings. The molecular weight excluding hydrogens is 621 g/mol. The van der Waals surface area contributed by atoms with E-state index in [9.17, 15) is 13.2 Å². The van der Waals surface area contributed by atoms with Crippen LogP contribution in [-0.2, 0) is 12.6 Å². The van der Waals surface area contributed by atoms with Crippen molar-refractivity contribution in [2.24, 2.45) is 0 Å². The number of hydrogen-bond donors (Lipinski definition) is 1. The summed E-state index contributed by atoms with van der Waals surface area (Å²) in [6.45, 7) is 3.64. The SMILES string of the molecule is C/C(Nc1ccc(Cl)cc1)=C(/C(=O)c1ccccc1)I(OS(=O)(=O)c1ccc(C)cc1)c1ccccc1. The van der Waals surface area contributed by atoms with E-state index in [-0.39, 0.29) is 10.7 Å². The molecule has 1 N–H and O–H groups in total. The molecule has 0 saturated heterocycles. The summed E-state index contributed by atoms with van der Waals surface area (Å²) in [7, 11) is -4.16. The zero-order chi connectivity index (χ0) is 26.4. The second-order valence-electron chi connectivity index (χ2n) is 8.14. The number of allylic oxidation sites excluding steroid dienone is 2. The van der Waals surface area contributed by atoms with Gasteiger partial charge in [0.15, 0.2) is 0 Å². The predicted molar refractivity (Wildman–Crippen MR) is 157 cm³/mol. The van der Waals surface area contributed by atoms with E-state index >= 15 is 0 Å². The number of carbonyl (C=O) groups excluding carboxylic acids is 1. The van der Waals surface area contributed by atoms with Gasteiger partial charge in [-0.1, -0.05) is 0 Å². The number of ketones is 1. The number of halogens is 2. The van der Waals surface area contributed by atoms with Crippen molar-refractivity contribution in [3.05, 3.63) is 138 Å². The third-order valence-corrected chi connectivity index (χ3v) is 13.3. The van der Waals surface area contributed by atoms with Gasteiger partial charge in [0.1, 0.15) is 0 Å². The number of aryl methyl sites for hydroxylation is 1. The Morgan fingerprint density at radius 1 is 0.811 bits per heavy atom. The fourth-order valence-corrected chi connectivity index (χ4v) is 10.9. The van der Waals surface area contributed by atoms with Gasteiger partial charge in [-0.25, -0.2) is 0 Å². The van der Waals surface area contributed by atoms with Crippen molar-refractivity contribution in [2.75, 3.05) is 5.32 Å². The van der Waals surface area contributed by atoms with Crippen molar-refractivity contribution in [3.8, 4) is 0 Å². The van der Waals surface area contributed by atoms with E-state index in [1.165, 1.54) is 12.1 Å². The van der Waals surface area contributed by atoms with E-state index in [2.05, 4.69) is 5.32 Å². The first-order chi connectivity index (χ1) is 17.7. The molecule has 0 heterocycles. The molecule has 8 heteroatoms. The van der Waals surface area contributed by atoms with Crippen LogP contribution >= 0.6 is 31.8 Å². The molecule has 37 heavy (non-hydrogen) atoms. The second-order valence-corrected chi connectivity index (χ2v) is 14.9. The summed E-state index contributed by atoms with van der Waals surface area (Å²) in [5, 5.41) is 3.85. The van der Waals surface area contributed by atoms with Gasteiger partial charge in [-0.3, -0.25) is 0 Å². The van der Waals surface area contributed by atoms with Crippen molar-refractivity contribution in [3.63, 3.8) is 0 Å². The molecule has 0 amide bonds. The molecule has 0 unspecified atom stereocenters. The van der Waals surface area contributed by atoms with Crippen molar-refractivity contribution < 1.29 is 15.7 Å². The molecule has 0 aliphatic carbocycles. The number of Topliss-reactive ketones (excluding diaryl/α,β-unsaturated/α-hetero) is 1. The molecule has 0 fully saturated rings. The molecule has 0 bridgehead atoms. The minimum absolute atomic E-state index is 0.0474. The number of rotatable bonds is 9. The van der Waals surface area contributed by atoms with Crippen LogP contribution in [0.1, 0.15) is 22.8 Å². The first kappa shape index (κ1) is 27.1. The number of benzene rings is 4. The standard InChI is InChI=1S/C29H25ClINO4S/c1-21-13-19-27(20-14-21)37(34,35)36-31(25-11-7-4-8-12-25)28(29(33)23-9-5-3-6-10-23)22(2)32-26-17-15-24(30)16-18-26/h3-20,32H,1-2H3/b28-22+. The van der Waals surface area contributed by atoms with Crippen LogP contribution in [0.3, 0.4) is 0 Å². The van der Waals surface area contributed by atoms with Gasteiger partial charge >= 0.3 is 231 Å². The third-order valence-electron chi connectivity index (χ3n) is 5.30. The zero-order valence-electron chi connectivity index (χ0n) is 20.2. The van der Waals surface area contributed by atoms with E-state index < -0.39 is 30.4 Å². The first-order valence-corrected chi connectivity index (χ1v) is 16.2. The topological polar surface area (TPSA) is 72.5 Å². The predicted octanol–water partition coefficient (Wildman–Crippen LogP) is 7.87. The fraction of sp³-hybridized carbons (Fsp3) is 0.0690. The van der Waals surface area contributed by atoms with E-state index in [0.717, 1.165) is 5.56 Å². The Morgan fingerprint density at radius 2 is 1.38 bits per heavy atom. The summed E-state index contributed by atoms with van der Waals surface area (Å²) in [5.41, 5.74) is 2.61. The summed E-state index contributed by atoms with van der Waals surface area (Å²) in [5.74, 6) is -0.285. The molecule has 0 aliphatic heterocycles. The van der Waals surface area contributed by atoms with Gasteiger partial charge in [0.25, 0.3) is 0 Å². The zero-order valence-corrected chi connectivity index (χ0v) is 23.9. The number of nitrogens with one attached hydrogen (secondary N) is 1. The molecule has 190 valence electrons. The Hall–Kier alpha value is -2.98. The molecule has 0 aromatic heterocycles. The average molecular weight is 646 g/mol. The normalized spacial score (nSPS) is 12.5. The summed E-state index contributed by atoms with van der Waals surface area (Å²) in [6.07, 6.45) is 0. The van der Waals surface area contributed by atoms with E-state index in [4.69, 9.17) is 14.1 Å². The number of carbonyl (C=O) groups is 1. The summed E-state index contributed by atoms with van der Waals surface area (Å²) in [6, 6.07) is 31.4. The van der Waals surface area contributed by atoms with Crippen LogP contribution in [0.15, 0.2) is 123 Å². The van der Waals surface area contributed by atoms with E-state index in [1.54, 1.807) is 67.6 Å². The molecule has 0 radical (unpaired) electrons. The second kappa shape index (κ2) is 12.0. The molecule has 4 rings (SSSR count). The quantitative estimate of drug-likeness (QED) is 0.114. The van der Waals surface area contributed by atoms with Gasteiger partial charge in [-0.2, -0.15) is 0 Å². The molecule has 0 saturated carbocycles. The van der Waals surface area contributed by atoms with Crippen LogP contribution < -0.4 is 5.32 Å². The van der Waals surface area contributed by atoms with Gasteiger partial charge in [-0.05, 0) is 0 Å². The van der Waals surface area contributed by atoms with Crippen LogP contribution in [-0.4, -0.2) is 14.2 Å². The van der Waals surface area contributed by atoms with Crippen LogP contribution in [0.2, 0.25) is 5.02 Å². The van der Waals surface area contributed by atoms with Crippen molar-refractivity contribution in [2.45, 2.75) is 18.7 Å². The maximum absolute atomic E-state index is 14.0. The molecule has 5 nitrogen and oxygen atoms in total. The van der Waals surface area contributed by atoms with E-state index in [1.807, 2.05) is 43.3 Å². The summed E-state index contributed by atoms with van der Waals surface area (Å²) >= 11 is 2.70. The third kappa shape index (κ3) is 6.87. The van der Waals surface area contributed by atoms with Gasteiger partial charge in [0.05, 0.1) is 0 Å².